The molecule has 3 unspecified atom stereocenters. The van der Waals surface area contributed by atoms with Crippen molar-refractivity contribution in [3.8, 4) is 0 Å². The Morgan fingerprint density at radius 2 is 1.04 bits per heavy atom. The van der Waals surface area contributed by atoms with Crippen LogP contribution in [0.5, 0.6) is 0 Å². The van der Waals surface area contributed by atoms with Gasteiger partial charge in [0.1, 0.15) is 0 Å². The van der Waals surface area contributed by atoms with Crippen molar-refractivity contribution in [2.75, 3.05) is 14.1 Å². The van der Waals surface area contributed by atoms with Gasteiger partial charge in [-0.3, -0.25) is 0 Å². The van der Waals surface area contributed by atoms with Crippen molar-refractivity contribution in [2.45, 2.75) is 232 Å². The van der Waals surface area contributed by atoms with Crippen LogP contribution in [-0.2, 0) is 9.47 Å². The lowest BCUT2D eigenvalue weighted by molar-refractivity contribution is -0.193. The lowest BCUT2D eigenvalue weighted by atomic mass is 9.97. The Bertz CT molecular complexity index is 772. The minimum Gasteiger partial charge on any atom is -0.344 e. The van der Waals surface area contributed by atoms with Crippen LogP contribution in [0.15, 0.2) is 36.5 Å². The van der Waals surface area contributed by atoms with E-state index in [4.69, 9.17) is 9.47 Å². The van der Waals surface area contributed by atoms with E-state index in [9.17, 15) is 0 Å². The highest BCUT2D eigenvalue weighted by molar-refractivity contribution is 4.96. The third-order valence-corrected chi connectivity index (χ3v) is 10.6. The SMILES string of the molecule is CC.CCCC/C=C\C/C=C\CCCCCCCCC1(CCCCCCCCC(C)C/C=C\CCCCC)OC2CC(N(C)C)CC2O1. The van der Waals surface area contributed by atoms with E-state index in [0.29, 0.717) is 18.2 Å². The molecular formula is C45H85NO2. The topological polar surface area (TPSA) is 21.7 Å². The molecule has 1 heterocycles. The zero-order chi connectivity index (χ0) is 35.1. The summed E-state index contributed by atoms with van der Waals surface area (Å²) in [5, 5.41) is 0. The van der Waals surface area contributed by atoms with E-state index in [1.165, 1.54) is 141 Å². The molecule has 0 aromatic carbocycles. The number of rotatable bonds is 30. The van der Waals surface area contributed by atoms with Gasteiger partial charge in [0.05, 0.1) is 12.2 Å². The monoisotopic (exact) mass is 672 g/mol. The van der Waals surface area contributed by atoms with Crippen LogP contribution in [0.25, 0.3) is 0 Å². The molecule has 3 heteroatoms. The Morgan fingerprint density at radius 1 is 0.583 bits per heavy atom. The van der Waals surface area contributed by atoms with Gasteiger partial charge < -0.3 is 14.4 Å². The van der Waals surface area contributed by atoms with E-state index in [-0.39, 0.29) is 5.79 Å². The van der Waals surface area contributed by atoms with Crippen LogP contribution in [0.2, 0.25) is 0 Å². The van der Waals surface area contributed by atoms with Gasteiger partial charge in [-0.25, -0.2) is 0 Å². The van der Waals surface area contributed by atoms with Crippen LogP contribution in [-0.4, -0.2) is 43.0 Å². The number of unbranched alkanes of at least 4 members (excludes halogenated alkanes) is 16. The predicted octanol–water partition coefficient (Wildman–Crippen LogP) is 14.3. The van der Waals surface area contributed by atoms with Gasteiger partial charge in [0.25, 0.3) is 0 Å². The molecule has 0 bridgehead atoms. The summed E-state index contributed by atoms with van der Waals surface area (Å²) in [4.78, 5) is 2.36. The Morgan fingerprint density at radius 3 is 1.58 bits per heavy atom. The first-order chi connectivity index (χ1) is 23.5. The van der Waals surface area contributed by atoms with E-state index in [1.54, 1.807) is 0 Å². The number of allylic oxidation sites excluding steroid dienone is 6. The summed E-state index contributed by atoms with van der Waals surface area (Å²) < 4.78 is 13.7. The molecule has 1 aliphatic heterocycles. The largest absolute Gasteiger partial charge is 0.344 e. The van der Waals surface area contributed by atoms with E-state index < -0.39 is 0 Å². The highest BCUT2D eigenvalue weighted by Crippen LogP contribution is 2.44. The lowest BCUT2D eigenvalue weighted by Gasteiger charge is -2.31. The molecule has 1 saturated carbocycles. The first-order valence-corrected chi connectivity index (χ1v) is 21.5. The van der Waals surface area contributed by atoms with Crippen molar-refractivity contribution >= 4 is 0 Å². The van der Waals surface area contributed by atoms with Crippen molar-refractivity contribution in [1.29, 1.82) is 0 Å². The van der Waals surface area contributed by atoms with Gasteiger partial charge in [-0.15, -0.1) is 0 Å². The summed E-state index contributed by atoms with van der Waals surface area (Å²) in [5.41, 5.74) is 0. The third-order valence-electron chi connectivity index (χ3n) is 10.6. The number of ether oxygens (including phenoxy) is 2. The van der Waals surface area contributed by atoms with E-state index in [1.807, 2.05) is 13.8 Å². The van der Waals surface area contributed by atoms with Crippen molar-refractivity contribution in [1.82, 2.24) is 4.90 Å². The molecule has 3 atom stereocenters. The smallest absolute Gasteiger partial charge is 0.169 e. The van der Waals surface area contributed by atoms with Gasteiger partial charge in [-0.2, -0.15) is 0 Å². The second-order valence-electron chi connectivity index (χ2n) is 15.3. The van der Waals surface area contributed by atoms with Crippen molar-refractivity contribution < 1.29 is 9.47 Å². The standard InChI is InChI=1S/C43H79NO2.C2H6/c1-6-8-10-12-14-15-16-17-18-19-20-21-23-27-31-35-43(45-41-37-40(44(4)5)38-42(41)46-43)36-32-28-24-22-26-30-34-39(3)33-29-25-13-11-9-7-2;1-2/h12,14,16-17,25,29,39-42H,6-11,13,15,18-24,26-28,30-38H2,1-5H3;1-2H3/b14-12-,17-16-,29-25-;. The van der Waals surface area contributed by atoms with Crippen molar-refractivity contribution in [3.63, 3.8) is 0 Å². The summed E-state index contributed by atoms with van der Waals surface area (Å²) in [5.74, 6) is 0.530. The fourth-order valence-corrected chi connectivity index (χ4v) is 7.41. The second kappa shape index (κ2) is 30.9. The maximum atomic E-state index is 6.84. The number of fused-ring (bicyclic) bond motifs is 1. The van der Waals surface area contributed by atoms with Crippen LogP contribution in [0.3, 0.4) is 0 Å². The zero-order valence-corrected chi connectivity index (χ0v) is 33.6. The molecule has 1 aliphatic carbocycles. The summed E-state index contributed by atoms with van der Waals surface area (Å²) >= 11 is 0. The lowest BCUT2D eigenvalue weighted by Crippen LogP contribution is -2.34. The first kappa shape index (κ1) is 45.1. The van der Waals surface area contributed by atoms with E-state index in [2.05, 4.69) is 76.2 Å². The minimum atomic E-state index is -0.304. The number of hydrogen-bond donors (Lipinski definition) is 0. The van der Waals surface area contributed by atoms with Gasteiger partial charge in [-0.05, 0) is 90.6 Å². The van der Waals surface area contributed by atoms with Crippen LogP contribution in [0.4, 0.5) is 0 Å². The molecule has 48 heavy (non-hydrogen) atoms. The quantitative estimate of drug-likeness (QED) is 0.0560. The van der Waals surface area contributed by atoms with E-state index in [0.717, 1.165) is 38.0 Å². The molecule has 2 rings (SSSR count). The molecule has 0 aromatic heterocycles. The second-order valence-corrected chi connectivity index (χ2v) is 15.3. The molecule has 0 amide bonds. The molecule has 2 fully saturated rings. The molecular weight excluding hydrogens is 587 g/mol. The fourth-order valence-electron chi connectivity index (χ4n) is 7.41. The molecule has 0 N–H and O–H groups in total. The maximum absolute atomic E-state index is 6.84. The molecule has 2 aliphatic rings. The van der Waals surface area contributed by atoms with Crippen molar-refractivity contribution in [2.24, 2.45) is 5.92 Å². The molecule has 0 radical (unpaired) electrons. The molecule has 0 spiro atoms. The summed E-state index contributed by atoms with van der Waals surface area (Å²) in [6.45, 7) is 11.0. The highest BCUT2D eigenvalue weighted by atomic mass is 16.8. The van der Waals surface area contributed by atoms with Gasteiger partial charge in [0.15, 0.2) is 5.79 Å². The normalized spacial score (nSPS) is 23.1. The summed E-state index contributed by atoms with van der Waals surface area (Å²) in [6, 6.07) is 0.606. The van der Waals surface area contributed by atoms with Crippen LogP contribution in [0, 0.1) is 5.92 Å². The molecule has 282 valence electrons. The predicted molar refractivity (Wildman–Crippen MR) is 214 cm³/mol. The number of nitrogens with zero attached hydrogens (tertiary/aromatic N) is 1. The van der Waals surface area contributed by atoms with Gasteiger partial charge in [0.2, 0.25) is 0 Å². The molecule has 0 aromatic rings. The number of hydrogen-bond acceptors (Lipinski definition) is 3. The summed E-state index contributed by atoms with van der Waals surface area (Å²) in [7, 11) is 4.41. The van der Waals surface area contributed by atoms with Gasteiger partial charge >= 0.3 is 0 Å². The van der Waals surface area contributed by atoms with Gasteiger partial charge in [-0.1, -0.05) is 161 Å². The van der Waals surface area contributed by atoms with Crippen LogP contribution < -0.4 is 0 Å². The van der Waals surface area contributed by atoms with Crippen molar-refractivity contribution in [3.05, 3.63) is 36.5 Å². The average molecular weight is 672 g/mol. The fraction of sp³-hybridized carbons (Fsp3) is 0.867. The molecule has 1 saturated heterocycles. The average Bonchev–Trinajstić information content (AvgIpc) is 3.63. The molecule has 3 nitrogen and oxygen atoms in total. The zero-order valence-electron chi connectivity index (χ0n) is 33.6. The maximum Gasteiger partial charge on any atom is 0.169 e. The first-order valence-electron chi connectivity index (χ1n) is 21.5. The summed E-state index contributed by atoms with van der Waals surface area (Å²) in [6.07, 6.45) is 49.5. The Kier molecular flexibility index (Phi) is 29.0. The van der Waals surface area contributed by atoms with E-state index >= 15 is 0 Å². The Balaban J connectivity index is 0.00000565. The minimum absolute atomic E-state index is 0.304. The Hall–Kier alpha value is -0.900. The Labute approximate surface area is 302 Å². The third kappa shape index (κ3) is 22.0. The highest BCUT2D eigenvalue weighted by Gasteiger charge is 2.51. The van der Waals surface area contributed by atoms with Crippen LogP contribution >= 0.6 is 0 Å². The van der Waals surface area contributed by atoms with Crippen LogP contribution in [0.1, 0.15) is 208 Å². The van der Waals surface area contributed by atoms with Gasteiger partial charge in [0, 0.05) is 18.9 Å².